The van der Waals surface area contributed by atoms with E-state index in [-0.39, 0.29) is 23.4 Å². The SMILES string of the molecule is CCc1c(C(F)(F)F)cc(C(=O)Nc2cccc(Cc3ccccc3)c2)n1-c1cccc(C#N)c1. The zero-order valence-electron chi connectivity index (χ0n) is 18.9. The van der Waals surface area contributed by atoms with Gasteiger partial charge in [0.15, 0.2) is 0 Å². The molecule has 35 heavy (non-hydrogen) atoms. The molecule has 1 amide bonds. The first-order chi connectivity index (χ1) is 16.8. The van der Waals surface area contributed by atoms with E-state index >= 15 is 0 Å². The van der Waals surface area contributed by atoms with Crippen LogP contribution in [0.2, 0.25) is 0 Å². The van der Waals surface area contributed by atoms with Gasteiger partial charge in [0.05, 0.1) is 17.2 Å². The highest BCUT2D eigenvalue weighted by atomic mass is 19.4. The van der Waals surface area contributed by atoms with E-state index in [1.807, 2.05) is 42.5 Å². The van der Waals surface area contributed by atoms with Crippen LogP contribution in [0.25, 0.3) is 5.69 Å². The Bertz CT molecular complexity index is 1400. The van der Waals surface area contributed by atoms with Gasteiger partial charge in [0.2, 0.25) is 0 Å². The fourth-order valence-electron chi connectivity index (χ4n) is 4.11. The zero-order valence-corrected chi connectivity index (χ0v) is 18.9. The second kappa shape index (κ2) is 9.90. The average molecular weight is 473 g/mol. The number of carbonyl (C=O) groups is 1. The molecule has 1 N–H and O–H groups in total. The molecule has 0 spiro atoms. The molecule has 4 rings (SSSR count). The van der Waals surface area contributed by atoms with Gasteiger partial charge in [0.25, 0.3) is 5.91 Å². The van der Waals surface area contributed by atoms with Gasteiger partial charge in [-0.1, -0.05) is 55.5 Å². The summed E-state index contributed by atoms with van der Waals surface area (Å²) >= 11 is 0. The summed E-state index contributed by atoms with van der Waals surface area (Å²) in [5, 5.41) is 12.0. The van der Waals surface area contributed by atoms with Crippen LogP contribution >= 0.6 is 0 Å². The molecule has 4 nitrogen and oxygen atoms in total. The number of carbonyl (C=O) groups excluding carboxylic acids is 1. The summed E-state index contributed by atoms with van der Waals surface area (Å²) in [5.74, 6) is -0.672. The number of rotatable bonds is 6. The minimum Gasteiger partial charge on any atom is -0.321 e. The van der Waals surface area contributed by atoms with E-state index in [1.54, 1.807) is 43.3 Å². The average Bonchev–Trinajstić information content (AvgIpc) is 3.25. The van der Waals surface area contributed by atoms with Crippen molar-refractivity contribution in [2.75, 3.05) is 5.32 Å². The number of aromatic nitrogens is 1. The first-order valence-corrected chi connectivity index (χ1v) is 11.1. The summed E-state index contributed by atoms with van der Waals surface area (Å²) in [6.45, 7) is 1.60. The predicted octanol–water partition coefficient (Wildman–Crippen LogP) is 6.77. The molecule has 0 aliphatic carbocycles. The lowest BCUT2D eigenvalue weighted by Gasteiger charge is -2.15. The molecular formula is C28H22F3N3O. The molecular weight excluding hydrogens is 451 g/mol. The third-order valence-electron chi connectivity index (χ3n) is 5.65. The Morgan fingerprint density at radius 1 is 0.943 bits per heavy atom. The van der Waals surface area contributed by atoms with E-state index in [1.165, 1.54) is 10.6 Å². The van der Waals surface area contributed by atoms with Crippen molar-refractivity contribution in [3.63, 3.8) is 0 Å². The van der Waals surface area contributed by atoms with Crippen molar-refractivity contribution in [2.45, 2.75) is 25.9 Å². The van der Waals surface area contributed by atoms with E-state index < -0.39 is 17.6 Å². The number of alkyl halides is 3. The Hall–Kier alpha value is -4.31. The highest BCUT2D eigenvalue weighted by Crippen LogP contribution is 2.36. The number of hydrogen-bond donors (Lipinski definition) is 1. The molecule has 1 heterocycles. The van der Waals surface area contributed by atoms with E-state index in [0.717, 1.165) is 17.2 Å². The molecule has 0 radical (unpaired) electrons. The molecule has 176 valence electrons. The van der Waals surface area contributed by atoms with Crippen LogP contribution in [0, 0.1) is 11.3 Å². The Balaban J connectivity index is 1.72. The third-order valence-corrected chi connectivity index (χ3v) is 5.65. The van der Waals surface area contributed by atoms with Crippen LogP contribution in [0.3, 0.4) is 0 Å². The van der Waals surface area contributed by atoms with Gasteiger partial charge in [-0.15, -0.1) is 0 Å². The van der Waals surface area contributed by atoms with E-state index in [0.29, 0.717) is 17.8 Å². The Morgan fingerprint density at radius 3 is 2.34 bits per heavy atom. The monoisotopic (exact) mass is 473 g/mol. The molecule has 3 aromatic carbocycles. The van der Waals surface area contributed by atoms with Crippen LogP contribution < -0.4 is 5.32 Å². The summed E-state index contributed by atoms with van der Waals surface area (Å²) < 4.78 is 42.8. The lowest BCUT2D eigenvalue weighted by molar-refractivity contribution is -0.138. The Morgan fingerprint density at radius 2 is 1.66 bits per heavy atom. The van der Waals surface area contributed by atoms with Gasteiger partial charge in [0, 0.05) is 17.1 Å². The van der Waals surface area contributed by atoms with Gasteiger partial charge in [-0.3, -0.25) is 4.79 Å². The molecule has 0 aliphatic heterocycles. The number of nitriles is 1. The lowest BCUT2D eigenvalue weighted by Crippen LogP contribution is -2.17. The molecule has 4 aromatic rings. The molecule has 0 atom stereocenters. The van der Waals surface area contributed by atoms with Gasteiger partial charge < -0.3 is 9.88 Å². The molecule has 1 aromatic heterocycles. The maximum atomic E-state index is 13.8. The smallest absolute Gasteiger partial charge is 0.321 e. The number of anilines is 1. The number of hydrogen-bond acceptors (Lipinski definition) is 2. The van der Waals surface area contributed by atoms with Gasteiger partial charge in [-0.2, -0.15) is 18.4 Å². The summed E-state index contributed by atoms with van der Waals surface area (Å²) in [7, 11) is 0. The van der Waals surface area contributed by atoms with Crippen molar-refractivity contribution in [3.8, 4) is 11.8 Å². The zero-order chi connectivity index (χ0) is 25.0. The van der Waals surface area contributed by atoms with E-state index in [4.69, 9.17) is 0 Å². The topological polar surface area (TPSA) is 57.8 Å². The molecule has 0 unspecified atom stereocenters. The highest BCUT2D eigenvalue weighted by Gasteiger charge is 2.37. The minimum atomic E-state index is -4.63. The van der Waals surface area contributed by atoms with Crippen LogP contribution in [0.1, 0.15) is 45.4 Å². The minimum absolute atomic E-state index is 0.0458. The maximum absolute atomic E-state index is 13.8. The first kappa shape index (κ1) is 23.8. The fourth-order valence-corrected chi connectivity index (χ4v) is 4.11. The highest BCUT2D eigenvalue weighted by molar-refractivity contribution is 6.04. The normalized spacial score (nSPS) is 11.2. The van der Waals surface area contributed by atoms with Crippen LogP contribution in [-0.4, -0.2) is 10.5 Å². The summed E-state index contributed by atoms with van der Waals surface area (Å²) in [4.78, 5) is 13.3. The standard InChI is InChI=1S/C28H22F3N3O/c1-2-25-24(28(29,30)31)17-26(34(25)23-13-7-11-21(16-23)18-32)27(35)33-22-12-6-10-20(15-22)14-19-8-4-3-5-9-19/h3-13,15-17H,2,14H2,1H3,(H,33,35). The quantitative estimate of drug-likeness (QED) is 0.336. The Kier molecular flexibility index (Phi) is 6.74. The number of nitrogens with zero attached hydrogens (tertiary/aromatic N) is 2. The van der Waals surface area contributed by atoms with Crippen molar-refractivity contribution in [1.29, 1.82) is 5.26 Å². The molecule has 0 aliphatic rings. The number of amides is 1. The third kappa shape index (κ3) is 5.28. The number of halogens is 3. The second-order valence-corrected chi connectivity index (χ2v) is 8.06. The largest absolute Gasteiger partial charge is 0.418 e. The molecule has 7 heteroatoms. The van der Waals surface area contributed by atoms with Crippen molar-refractivity contribution in [3.05, 3.63) is 119 Å². The van der Waals surface area contributed by atoms with Crippen molar-refractivity contribution in [2.24, 2.45) is 0 Å². The van der Waals surface area contributed by atoms with Crippen molar-refractivity contribution < 1.29 is 18.0 Å². The van der Waals surface area contributed by atoms with Crippen molar-refractivity contribution >= 4 is 11.6 Å². The van der Waals surface area contributed by atoms with Gasteiger partial charge in [-0.05, 0) is 60.4 Å². The Labute approximate surface area is 201 Å². The van der Waals surface area contributed by atoms with E-state index in [2.05, 4.69) is 5.32 Å². The van der Waals surface area contributed by atoms with Crippen LogP contribution in [-0.2, 0) is 19.0 Å². The fraction of sp³-hybridized carbons (Fsp3) is 0.143. The lowest BCUT2D eigenvalue weighted by atomic mass is 10.0. The second-order valence-electron chi connectivity index (χ2n) is 8.06. The van der Waals surface area contributed by atoms with Gasteiger partial charge in [0.1, 0.15) is 5.69 Å². The summed E-state index contributed by atoms with van der Waals surface area (Å²) in [6.07, 6.45) is -3.93. The summed E-state index contributed by atoms with van der Waals surface area (Å²) in [5.41, 5.74) is 2.07. The van der Waals surface area contributed by atoms with Crippen LogP contribution in [0.15, 0.2) is 84.9 Å². The van der Waals surface area contributed by atoms with Gasteiger partial charge >= 0.3 is 6.18 Å². The molecule has 0 saturated carbocycles. The number of nitrogens with one attached hydrogen (secondary N) is 1. The predicted molar refractivity (Wildman–Crippen MR) is 129 cm³/mol. The number of benzene rings is 3. The molecule has 0 bridgehead atoms. The van der Waals surface area contributed by atoms with Gasteiger partial charge in [-0.25, -0.2) is 0 Å². The molecule has 0 saturated heterocycles. The molecule has 0 fully saturated rings. The maximum Gasteiger partial charge on any atom is 0.418 e. The summed E-state index contributed by atoms with van der Waals surface area (Å²) in [6, 6.07) is 26.1. The first-order valence-electron chi connectivity index (χ1n) is 11.1. The van der Waals surface area contributed by atoms with Crippen LogP contribution in [0.4, 0.5) is 18.9 Å². The van der Waals surface area contributed by atoms with Crippen LogP contribution in [0.5, 0.6) is 0 Å². The van der Waals surface area contributed by atoms with Crippen molar-refractivity contribution in [1.82, 2.24) is 4.57 Å². The van der Waals surface area contributed by atoms with E-state index in [9.17, 15) is 23.2 Å².